The molecule has 1 aliphatic rings. The first kappa shape index (κ1) is 17.1. The summed E-state index contributed by atoms with van der Waals surface area (Å²) in [5, 5.41) is 10.9. The molecule has 1 amide bonds. The second-order valence-corrected chi connectivity index (χ2v) is 6.25. The molecule has 1 atom stereocenters. The molecule has 3 aromatic rings. The van der Waals surface area contributed by atoms with E-state index in [1.54, 1.807) is 7.11 Å². The molecule has 0 unspecified atom stereocenters. The lowest BCUT2D eigenvalue weighted by Gasteiger charge is -2.25. The van der Waals surface area contributed by atoms with Crippen molar-refractivity contribution in [1.82, 2.24) is 15.5 Å². The topological polar surface area (TPSA) is 86.5 Å². The highest BCUT2D eigenvalue weighted by molar-refractivity contribution is 5.79. The number of aromatic nitrogens is 2. The zero-order valence-corrected chi connectivity index (χ0v) is 14.8. The molecular weight excluding hydrogens is 346 g/mol. The van der Waals surface area contributed by atoms with Crippen molar-refractivity contribution in [1.29, 1.82) is 0 Å². The van der Waals surface area contributed by atoms with Gasteiger partial charge in [0.05, 0.1) is 19.6 Å². The van der Waals surface area contributed by atoms with E-state index in [2.05, 4.69) is 15.5 Å². The number of rotatable bonds is 5. The number of hydrogen-bond acceptors (Lipinski definition) is 6. The molecule has 138 valence electrons. The second kappa shape index (κ2) is 7.49. The fourth-order valence-corrected chi connectivity index (χ4v) is 3.05. The third kappa shape index (κ3) is 3.62. The molecule has 0 saturated heterocycles. The van der Waals surface area contributed by atoms with Crippen LogP contribution in [-0.2, 0) is 17.8 Å². The van der Waals surface area contributed by atoms with Crippen molar-refractivity contribution < 1.29 is 18.7 Å². The number of nitrogens with zero attached hydrogens (tertiary/aromatic N) is 2. The number of carbonyl (C=O) groups is 1. The summed E-state index contributed by atoms with van der Waals surface area (Å²) in [5.74, 6) is 1.81. The molecule has 1 N–H and O–H groups in total. The second-order valence-electron chi connectivity index (χ2n) is 6.25. The Balaban J connectivity index is 1.37. The molecule has 0 bridgehead atoms. The SMILES string of the molecule is COc1cccc2c1OC[C@H](C(=O)NCc1nnc(-c3ccccc3)o1)C2. The first-order valence-electron chi connectivity index (χ1n) is 8.69. The number of benzene rings is 2. The summed E-state index contributed by atoms with van der Waals surface area (Å²) in [7, 11) is 1.60. The largest absolute Gasteiger partial charge is 0.493 e. The minimum atomic E-state index is -0.277. The summed E-state index contributed by atoms with van der Waals surface area (Å²) >= 11 is 0. The van der Waals surface area contributed by atoms with Crippen LogP contribution in [0.4, 0.5) is 0 Å². The minimum absolute atomic E-state index is 0.108. The van der Waals surface area contributed by atoms with Gasteiger partial charge in [0, 0.05) is 5.56 Å². The lowest BCUT2D eigenvalue weighted by Crippen LogP contribution is -2.37. The Hall–Kier alpha value is -3.35. The maximum Gasteiger partial charge on any atom is 0.247 e. The molecule has 0 aliphatic carbocycles. The highest BCUT2D eigenvalue weighted by Gasteiger charge is 2.28. The molecule has 0 saturated carbocycles. The molecule has 2 heterocycles. The standard InChI is InChI=1S/C20H19N3O4/c1-25-16-9-5-8-14-10-15(12-26-18(14)16)19(24)21-11-17-22-23-20(27-17)13-6-3-2-4-7-13/h2-9,15H,10-12H2,1H3,(H,21,24)/t15-/m1/s1. The summed E-state index contributed by atoms with van der Waals surface area (Å²) in [4.78, 5) is 12.5. The third-order valence-corrected chi connectivity index (χ3v) is 4.45. The van der Waals surface area contributed by atoms with E-state index in [9.17, 15) is 4.79 Å². The molecule has 4 rings (SSSR count). The van der Waals surface area contributed by atoms with E-state index in [0.717, 1.165) is 11.1 Å². The summed E-state index contributed by atoms with van der Waals surface area (Å²) in [6.07, 6.45) is 0.595. The highest BCUT2D eigenvalue weighted by atomic mass is 16.5. The number of hydrogen-bond donors (Lipinski definition) is 1. The number of para-hydroxylation sites is 1. The van der Waals surface area contributed by atoms with E-state index in [0.29, 0.717) is 36.3 Å². The Morgan fingerprint density at radius 1 is 1.19 bits per heavy atom. The van der Waals surface area contributed by atoms with Crippen molar-refractivity contribution in [3.05, 3.63) is 60.0 Å². The smallest absolute Gasteiger partial charge is 0.247 e. The van der Waals surface area contributed by atoms with Crippen molar-refractivity contribution in [2.75, 3.05) is 13.7 Å². The van der Waals surface area contributed by atoms with Crippen molar-refractivity contribution in [2.24, 2.45) is 5.92 Å². The van der Waals surface area contributed by atoms with Gasteiger partial charge in [-0.05, 0) is 30.2 Å². The van der Waals surface area contributed by atoms with Gasteiger partial charge in [-0.25, -0.2) is 0 Å². The lowest BCUT2D eigenvalue weighted by atomic mass is 9.95. The molecule has 2 aromatic carbocycles. The van der Waals surface area contributed by atoms with Gasteiger partial charge in [0.25, 0.3) is 0 Å². The van der Waals surface area contributed by atoms with Crippen LogP contribution >= 0.6 is 0 Å². The van der Waals surface area contributed by atoms with Crippen LogP contribution in [0.2, 0.25) is 0 Å². The Kier molecular flexibility index (Phi) is 4.74. The van der Waals surface area contributed by atoms with Crippen LogP contribution in [-0.4, -0.2) is 29.8 Å². The molecule has 0 fully saturated rings. The summed E-state index contributed by atoms with van der Waals surface area (Å²) in [6, 6.07) is 15.2. The van der Waals surface area contributed by atoms with E-state index in [-0.39, 0.29) is 18.4 Å². The zero-order chi connectivity index (χ0) is 18.6. The van der Waals surface area contributed by atoms with Gasteiger partial charge in [-0.1, -0.05) is 30.3 Å². The third-order valence-electron chi connectivity index (χ3n) is 4.45. The quantitative estimate of drug-likeness (QED) is 0.748. The number of carbonyl (C=O) groups excluding carboxylic acids is 1. The van der Waals surface area contributed by atoms with Gasteiger partial charge in [0.1, 0.15) is 6.61 Å². The molecule has 1 aromatic heterocycles. The molecular formula is C20H19N3O4. The van der Waals surface area contributed by atoms with Gasteiger partial charge in [-0.2, -0.15) is 0 Å². The highest BCUT2D eigenvalue weighted by Crippen LogP contribution is 2.36. The number of amides is 1. The van der Waals surface area contributed by atoms with Crippen LogP contribution in [0.3, 0.4) is 0 Å². The fourth-order valence-electron chi connectivity index (χ4n) is 3.05. The predicted octanol–water partition coefficient (Wildman–Crippen LogP) is 2.61. The van der Waals surface area contributed by atoms with Crippen LogP contribution in [0.5, 0.6) is 11.5 Å². The molecule has 0 spiro atoms. The van der Waals surface area contributed by atoms with E-state index in [1.807, 2.05) is 48.5 Å². The normalized spacial score (nSPS) is 15.5. The maximum atomic E-state index is 12.5. The average Bonchev–Trinajstić information content (AvgIpc) is 3.21. The first-order valence-corrected chi connectivity index (χ1v) is 8.69. The van der Waals surface area contributed by atoms with Gasteiger partial charge < -0.3 is 19.2 Å². The summed E-state index contributed by atoms with van der Waals surface area (Å²) < 4.78 is 16.7. The van der Waals surface area contributed by atoms with E-state index < -0.39 is 0 Å². The van der Waals surface area contributed by atoms with E-state index in [1.165, 1.54) is 0 Å². The maximum absolute atomic E-state index is 12.5. The number of fused-ring (bicyclic) bond motifs is 1. The van der Waals surface area contributed by atoms with Crippen LogP contribution in [0.1, 0.15) is 11.5 Å². The Morgan fingerprint density at radius 2 is 2.04 bits per heavy atom. The molecule has 0 radical (unpaired) electrons. The van der Waals surface area contributed by atoms with Gasteiger partial charge in [0.2, 0.25) is 17.7 Å². The Morgan fingerprint density at radius 3 is 2.85 bits per heavy atom. The van der Waals surface area contributed by atoms with Gasteiger partial charge in [0.15, 0.2) is 11.5 Å². The molecule has 27 heavy (non-hydrogen) atoms. The van der Waals surface area contributed by atoms with Crippen LogP contribution in [0.25, 0.3) is 11.5 Å². The monoisotopic (exact) mass is 365 g/mol. The number of ether oxygens (including phenoxy) is 2. The molecule has 7 nitrogen and oxygen atoms in total. The molecule has 7 heteroatoms. The van der Waals surface area contributed by atoms with Gasteiger partial charge in [-0.3, -0.25) is 4.79 Å². The van der Waals surface area contributed by atoms with Crippen molar-refractivity contribution >= 4 is 5.91 Å². The average molecular weight is 365 g/mol. The van der Waals surface area contributed by atoms with Crippen LogP contribution in [0, 0.1) is 5.92 Å². The Bertz CT molecular complexity index is 939. The van der Waals surface area contributed by atoms with Crippen LogP contribution in [0.15, 0.2) is 52.9 Å². The minimum Gasteiger partial charge on any atom is -0.493 e. The van der Waals surface area contributed by atoms with Crippen molar-refractivity contribution in [3.8, 4) is 23.0 Å². The number of methoxy groups -OCH3 is 1. The number of nitrogens with one attached hydrogen (secondary N) is 1. The zero-order valence-electron chi connectivity index (χ0n) is 14.8. The lowest BCUT2D eigenvalue weighted by molar-refractivity contribution is -0.126. The first-order chi connectivity index (χ1) is 13.2. The van der Waals surface area contributed by atoms with Gasteiger partial charge in [-0.15, -0.1) is 10.2 Å². The summed E-state index contributed by atoms with van der Waals surface area (Å²) in [6.45, 7) is 0.485. The van der Waals surface area contributed by atoms with Crippen molar-refractivity contribution in [2.45, 2.75) is 13.0 Å². The summed E-state index contributed by atoms with van der Waals surface area (Å²) in [5.41, 5.74) is 1.80. The van der Waals surface area contributed by atoms with Gasteiger partial charge >= 0.3 is 0 Å². The fraction of sp³-hybridized carbons (Fsp3) is 0.250. The van der Waals surface area contributed by atoms with Crippen molar-refractivity contribution in [3.63, 3.8) is 0 Å². The predicted molar refractivity (Wildman–Crippen MR) is 97.3 cm³/mol. The Labute approximate surface area is 156 Å². The van der Waals surface area contributed by atoms with E-state index >= 15 is 0 Å². The van der Waals surface area contributed by atoms with E-state index in [4.69, 9.17) is 13.9 Å². The molecule has 1 aliphatic heterocycles. The van der Waals surface area contributed by atoms with Crippen LogP contribution < -0.4 is 14.8 Å².